The summed E-state index contributed by atoms with van der Waals surface area (Å²) in [5.74, 6) is 1.08. The fraction of sp³-hybridized carbons (Fsp3) is 0.600. The van der Waals surface area contributed by atoms with Gasteiger partial charge in [-0.25, -0.2) is 0 Å². The molecule has 2 fully saturated rings. The third-order valence-corrected chi connectivity index (χ3v) is 10.8. The molecule has 0 spiro atoms. The molecule has 2 saturated carbocycles. The van der Waals surface area contributed by atoms with Gasteiger partial charge in [0.1, 0.15) is 0 Å². The first-order chi connectivity index (χ1) is 23.9. The molecule has 0 aromatic heterocycles. The summed E-state index contributed by atoms with van der Waals surface area (Å²) < 4.78 is 29.4. The van der Waals surface area contributed by atoms with Crippen molar-refractivity contribution in [2.75, 3.05) is 27.3 Å². The van der Waals surface area contributed by atoms with Crippen LogP contribution in [-0.2, 0) is 14.3 Å². The van der Waals surface area contributed by atoms with Crippen molar-refractivity contribution in [3.63, 3.8) is 0 Å². The van der Waals surface area contributed by atoms with E-state index in [1.807, 2.05) is 26.0 Å². The highest BCUT2D eigenvalue weighted by Gasteiger charge is 2.36. The summed E-state index contributed by atoms with van der Waals surface area (Å²) in [6.07, 6.45) is 11.8. The predicted octanol–water partition coefficient (Wildman–Crippen LogP) is 8.03. The van der Waals surface area contributed by atoms with Crippen molar-refractivity contribution >= 4 is 23.4 Å². The standard InChI is InChI=1S/C40H52N2O7/c1-5-31(33-19-27(23-41-33)25-15-17-35(45-3)37(21-25)47-29-11-7-8-12-29)39(43)49-40(44)32(6-2)34-20-28(24-42-34)26-16-18-36(46-4)38(22-26)48-30-13-9-10-14-30/h15-18,21-22,27-32H,5-14,19-20,23-24H2,1-4H3. The van der Waals surface area contributed by atoms with Crippen molar-refractivity contribution in [1.29, 1.82) is 0 Å². The number of benzene rings is 2. The normalized spacial score (nSPS) is 22.4. The summed E-state index contributed by atoms with van der Waals surface area (Å²) in [5.41, 5.74) is 3.81. The summed E-state index contributed by atoms with van der Waals surface area (Å²) >= 11 is 0. The molecule has 2 aliphatic heterocycles. The van der Waals surface area contributed by atoms with Crippen LogP contribution in [-0.4, -0.2) is 62.9 Å². The molecular formula is C40H52N2O7. The van der Waals surface area contributed by atoms with Crippen LogP contribution >= 0.6 is 0 Å². The molecule has 2 aromatic carbocycles. The number of rotatable bonds is 14. The second-order valence-electron chi connectivity index (χ2n) is 14.0. The Hall–Kier alpha value is -3.88. The second kappa shape index (κ2) is 16.2. The molecule has 6 rings (SSSR count). The molecule has 0 radical (unpaired) electrons. The third kappa shape index (κ3) is 8.13. The van der Waals surface area contributed by atoms with Crippen molar-refractivity contribution in [2.45, 2.75) is 115 Å². The number of carbonyl (C=O) groups is 2. The maximum absolute atomic E-state index is 13.5. The molecule has 0 saturated heterocycles. The number of esters is 2. The zero-order chi connectivity index (χ0) is 34.3. The molecule has 0 N–H and O–H groups in total. The molecule has 9 nitrogen and oxygen atoms in total. The summed E-state index contributed by atoms with van der Waals surface area (Å²) in [6.45, 7) is 5.04. The van der Waals surface area contributed by atoms with Gasteiger partial charge in [-0.2, -0.15) is 0 Å². The van der Waals surface area contributed by atoms with Crippen LogP contribution < -0.4 is 18.9 Å². The highest BCUT2D eigenvalue weighted by molar-refractivity contribution is 6.09. The lowest BCUT2D eigenvalue weighted by Gasteiger charge is -2.20. The summed E-state index contributed by atoms with van der Waals surface area (Å²) in [4.78, 5) is 36.6. The molecule has 4 unspecified atom stereocenters. The number of hydrogen-bond donors (Lipinski definition) is 0. The van der Waals surface area contributed by atoms with Gasteiger partial charge in [-0.3, -0.25) is 19.6 Å². The van der Waals surface area contributed by atoms with Crippen molar-refractivity contribution in [3.8, 4) is 23.0 Å². The average molecular weight is 673 g/mol. The van der Waals surface area contributed by atoms with Gasteiger partial charge >= 0.3 is 11.9 Å². The number of hydrogen-bond acceptors (Lipinski definition) is 9. The van der Waals surface area contributed by atoms with Crippen LogP contribution in [0.4, 0.5) is 0 Å². The molecule has 264 valence electrons. The first-order valence-corrected chi connectivity index (χ1v) is 18.4. The predicted molar refractivity (Wildman–Crippen MR) is 190 cm³/mol. The van der Waals surface area contributed by atoms with Gasteiger partial charge in [0.25, 0.3) is 0 Å². The number of nitrogens with zero attached hydrogens (tertiary/aromatic N) is 2. The van der Waals surface area contributed by atoms with E-state index in [0.29, 0.717) is 38.8 Å². The highest BCUT2D eigenvalue weighted by Crippen LogP contribution is 2.39. The fourth-order valence-electron chi connectivity index (χ4n) is 7.94. The molecule has 4 aliphatic rings. The molecule has 4 atom stereocenters. The van der Waals surface area contributed by atoms with Gasteiger partial charge in [0.15, 0.2) is 23.0 Å². The van der Waals surface area contributed by atoms with Crippen LogP contribution in [0.15, 0.2) is 46.4 Å². The zero-order valence-corrected chi connectivity index (χ0v) is 29.6. The van der Waals surface area contributed by atoms with E-state index < -0.39 is 23.8 Å². The maximum Gasteiger partial charge on any atom is 0.322 e. The smallest absolute Gasteiger partial charge is 0.322 e. The Kier molecular flexibility index (Phi) is 11.6. The maximum atomic E-state index is 13.5. The van der Waals surface area contributed by atoms with Gasteiger partial charge in [-0.1, -0.05) is 26.0 Å². The number of aliphatic imine (C=N–C) groups is 2. The van der Waals surface area contributed by atoms with Crippen LogP contribution in [0.2, 0.25) is 0 Å². The molecule has 0 bridgehead atoms. The van der Waals surface area contributed by atoms with Crippen LogP contribution in [0, 0.1) is 11.8 Å². The molecular weight excluding hydrogens is 620 g/mol. The summed E-state index contributed by atoms with van der Waals surface area (Å²) in [6, 6.07) is 12.2. The highest BCUT2D eigenvalue weighted by atomic mass is 16.6. The lowest BCUT2D eigenvalue weighted by molar-refractivity contribution is -0.162. The zero-order valence-electron chi connectivity index (χ0n) is 29.6. The van der Waals surface area contributed by atoms with Gasteiger partial charge in [0.05, 0.1) is 38.3 Å². The SMILES string of the molecule is CCC(C(=O)OC(=O)C(CC)C1=NCC(c2ccc(OC)c(OC3CCCC3)c2)C1)C1=NCC(c2ccc(OC)c(OC3CCCC3)c2)C1. The minimum atomic E-state index is -0.560. The Bertz CT molecular complexity index is 1430. The fourth-order valence-corrected chi connectivity index (χ4v) is 7.94. The molecule has 49 heavy (non-hydrogen) atoms. The van der Waals surface area contributed by atoms with Crippen LogP contribution in [0.1, 0.15) is 114 Å². The first-order valence-electron chi connectivity index (χ1n) is 18.4. The van der Waals surface area contributed by atoms with E-state index in [9.17, 15) is 9.59 Å². The van der Waals surface area contributed by atoms with E-state index in [2.05, 4.69) is 24.3 Å². The van der Waals surface area contributed by atoms with E-state index in [0.717, 1.165) is 71.2 Å². The molecule has 0 amide bonds. The van der Waals surface area contributed by atoms with Gasteiger partial charge in [0.2, 0.25) is 0 Å². The van der Waals surface area contributed by atoms with Crippen molar-refractivity contribution in [2.24, 2.45) is 21.8 Å². The van der Waals surface area contributed by atoms with Crippen LogP contribution in [0.25, 0.3) is 0 Å². The minimum absolute atomic E-state index is 0.125. The van der Waals surface area contributed by atoms with E-state index >= 15 is 0 Å². The Morgan fingerprint density at radius 1 is 0.653 bits per heavy atom. The van der Waals surface area contributed by atoms with E-state index in [4.69, 9.17) is 33.7 Å². The number of ether oxygens (including phenoxy) is 5. The van der Waals surface area contributed by atoms with E-state index in [1.54, 1.807) is 14.2 Å². The van der Waals surface area contributed by atoms with Crippen molar-refractivity contribution < 1.29 is 33.3 Å². The topological polar surface area (TPSA) is 105 Å². The Morgan fingerprint density at radius 2 is 1.06 bits per heavy atom. The minimum Gasteiger partial charge on any atom is -0.493 e. The van der Waals surface area contributed by atoms with E-state index in [-0.39, 0.29) is 24.0 Å². The van der Waals surface area contributed by atoms with Crippen molar-refractivity contribution in [1.82, 2.24) is 0 Å². The van der Waals surface area contributed by atoms with Crippen LogP contribution in [0.3, 0.4) is 0 Å². The van der Waals surface area contributed by atoms with Gasteiger partial charge in [-0.15, -0.1) is 0 Å². The van der Waals surface area contributed by atoms with Crippen LogP contribution in [0.5, 0.6) is 23.0 Å². The molecule has 2 heterocycles. The second-order valence-corrected chi connectivity index (χ2v) is 14.0. The van der Waals surface area contributed by atoms with Gasteiger partial charge < -0.3 is 23.7 Å². The number of methoxy groups -OCH3 is 2. The first kappa shape index (κ1) is 35.0. The Morgan fingerprint density at radius 3 is 1.43 bits per heavy atom. The summed E-state index contributed by atoms with van der Waals surface area (Å²) in [5, 5.41) is 0. The Balaban J connectivity index is 1.05. The molecule has 9 heteroatoms. The lowest BCUT2D eigenvalue weighted by atomic mass is 9.89. The van der Waals surface area contributed by atoms with E-state index in [1.165, 1.54) is 25.7 Å². The summed E-state index contributed by atoms with van der Waals surface area (Å²) in [7, 11) is 3.33. The van der Waals surface area contributed by atoms with Gasteiger partial charge in [-0.05, 0) is 112 Å². The third-order valence-electron chi connectivity index (χ3n) is 10.8. The monoisotopic (exact) mass is 672 g/mol. The van der Waals surface area contributed by atoms with Crippen molar-refractivity contribution in [3.05, 3.63) is 47.5 Å². The largest absolute Gasteiger partial charge is 0.493 e. The average Bonchev–Trinajstić information content (AvgIpc) is 3.95. The quantitative estimate of drug-likeness (QED) is 0.148. The number of carbonyl (C=O) groups excluding carboxylic acids is 2. The molecule has 2 aromatic rings. The Labute approximate surface area is 290 Å². The lowest BCUT2D eigenvalue weighted by Crippen LogP contribution is -2.32. The van der Waals surface area contributed by atoms with Gasteiger partial charge in [0, 0.05) is 36.3 Å². The molecule has 2 aliphatic carbocycles.